The first-order valence-electron chi connectivity index (χ1n) is 1.77. The summed E-state index contributed by atoms with van der Waals surface area (Å²) >= 11 is -1.57. The first kappa shape index (κ1) is 10.8. The Bertz CT molecular complexity index is 67.1. The average Bonchev–Trinajstić information content (AvgIpc) is 1.68. The van der Waals surface area contributed by atoms with Gasteiger partial charge in [0.1, 0.15) is 0 Å². The van der Waals surface area contributed by atoms with E-state index in [1.807, 2.05) is 0 Å². The van der Waals surface area contributed by atoms with Crippen LogP contribution in [0.25, 0.3) is 0 Å². The molecular weight excluding hydrogens is 129 g/mol. The van der Waals surface area contributed by atoms with Crippen molar-refractivity contribution in [1.29, 1.82) is 0 Å². The molecular formula is C2H8AlNO4. The van der Waals surface area contributed by atoms with Crippen LogP contribution in [0.2, 0.25) is 0 Å². The van der Waals surface area contributed by atoms with Gasteiger partial charge < -0.3 is 19.2 Å². The van der Waals surface area contributed by atoms with Gasteiger partial charge in [-0.05, 0) is 0 Å². The van der Waals surface area contributed by atoms with Crippen LogP contribution in [0.15, 0.2) is 0 Å². The highest BCUT2D eigenvalue weighted by atomic mass is 27.2. The molecule has 0 rings (SSSR count). The topological polar surface area (TPSA) is 104 Å². The molecule has 48 valence electrons. The zero-order valence-electron chi connectivity index (χ0n) is 4.26. The van der Waals surface area contributed by atoms with Crippen LogP contribution >= 0.6 is 0 Å². The van der Waals surface area contributed by atoms with Crippen molar-refractivity contribution in [1.82, 2.24) is 0 Å². The molecule has 0 bridgehead atoms. The third-order valence-corrected chi connectivity index (χ3v) is 0.843. The normalized spacial score (nSPS) is 6.75. The van der Waals surface area contributed by atoms with E-state index < -0.39 is 21.9 Å². The van der Waals surface area contributed by atoms with Gasteiger partial charge in [0.15, 0.2) is 0 Å². The van der Waals surface area contributed by atoms with Crippen LogP contribution in [0.4, 0.5) is 0 Å². The Morgan fingerprint density at radius 1 is 1.88 bits per heavy atom. The largest absolute Gasteiger partial charge is 0.740 e. The summed E-state index contributed by atoms with van der Waals surface area (Å²) in [5, 5.41) is 0. The Kier molecular flexibility index (Phi) is 9.28. The highest BCUT2D eigenvalue weighted by Gasteiger charge is 1.96. The van der Waals surface area contributed by atoms with E-state index >= 15 is 0 Å². The molecule has 0 spiro atoms. The lowest BCUT2D eigenvalue weighted by molar-refractivity contribution is -0.133. The van der Waals surface area contributed by atoms with E-state index in [9.17, 15) is 4.79 Å². The minimum atomic E-state index is -1.57. The fourth-order valence-corrected chi connectivity index (χ4v) is 0.393. The standard InChI is InChI=1S/C2H5NO2.Al.2H2O.H/c3-1-2(4)5;;;;/h1,3H2,(H,4,5);;2*1H2;/q;+2;;;/p-2. The maximum Gasteiger partial charge on any atom is 0.740 e. The molecule has 0 saturated heterocycles. The number of hydrogen-bond acceptors (Lipinski definition) is 4. The maximum absolute atomic E-state index is 9.94. The molecule has 0 aromatic heterocycles. The van der Waals surface area contributed by atoms with E-state index in [4.69, 9.17) is 9.89 Å². The van der Waals surface area contributed by atoms with E-state index in [1.54, 1.807) is 0 Å². The second kappa shape index (κ2) is 6.88. The smallest absolute Gasteiger partial charge is 0.597 e. The van der Waals surface area contributed by atoms with Crippen LogP contribution in [0.5, 0.6) is 0 Å². The van der Waals surface area contributed by atoms with Gasteiger partial charge in [-0.1, -0.05) is 0 Å². The first-order valence-corrected chi connectivity index (χ1v) is 2.98. The van der Waals surface area contributed by atoms with Gasteiger partial charge in [0.05, 0.1) is 6.54 Å². The molecule has 5 nitrogen and oxygen atoms in total. The predicted octanol–water partition coefficient (Wildman–Crippen LogP) is -3.08. The number of rotatable bonds is 2. The van der Waals surface area contributed by atoms with Crippen molar-refractivity contribution in [3.63, 3.8) is 0 Å². The van der Waals surface area contributed by atoms with Gasteiger partial charge in [-0.15, -0.1) is 0 Å². The Morgan fingerprint density at radius 2 is 2.38 bits per heavy atom. The van der Waals surface area contributed by atoms with Gasteiger partial charge in [0.25, 0.3) is 5.97 Å². The van der Waals surface area contributed by atoms with Crippen molar-refractivity contribution in [2.45, 2.75) is 0 Å². The summed E-state index contributed by atoms with van der Waals surface area (Å²) in [6.07, 6.45) is 0. The molecule has 0 aliphatic carbocycles. The Labute approximate surface area is 53.1 Å². The lowest BCUT2D eigenvalue weighted by Gasteiger charge is -1.93. The number of nitrogens with two attached hydrogens (primary N) is 1. The molecule has 0 radical (unpaired) electrons. The predicted molar refractivity (Wildman–Crippen MR) is 28.1 cm³/mol. The summed E-state index contributed by atoms with van der Waals surface area (Å²) in [6, 6.07) is 0. The third kappa shape index (κ3) is 5.88. The molecule has 0 atom stereocenters. The lowest BCUT2D eigenvalue weighted by atomic mass is 10.7. The fraction of sp³-hybridized carbons (Fsp3) is 0.500. The molecule has 0 saturated carbocycles. The van der Waals surface area contributed by atoms with E-state index in [-0.39, 0.29) is 12.0 Å². The zero-order chi connectivity index (χ0) is 5.70. The van der Waals surface area contributed by atoms with Gasteiger partial charge in [-0.3, -0.25) is 4.79 Å². The van der Waals surface area contributed by atoms with Crippen LogP contribution in [0, 0.1) is 0 Å². The molecule has 8 heavy (non-hydrogen) atoms. The van der Waals surface area contributed by atoms with Crippen LogP contribution < -0.4 is 5.73 Å². The van der Waals surface area contributed by atoms with E-state index in [0.29, 0.717) is 0 Å². The van der Waals surface area contributed by atoms with E-state index in [0.717, 1.165) is 0 Å². The summed E-state index contributed by atoms with van der Waals surface area (Å²) in [5.74, 6) is -0.533. The van der Waals surface area contributed by atoms with Crippen molar-refractivity contribution in [3.8, 4) is 0 Å². The van der Waals surface area contributed by atoms with Gasteiger partial charge in [0, 0.05) is 0 Å². The Balaban J connectivity index is 0. The molecule has 0 heterocycles. The molecule has 5 N–H and O–H groups in total. The van der Waals surface area contributed by atoms with Crippen molar-refractivity contribution >= 4 is 21.9 Å². The summed E-state index contributed by atoms with van der Waals surface area (Å²) in [7, 11) is 0. The second-order valence-electron chi connectivity index (χ2n) is 0.850. The van der Waals surface area contributed by atoms with Crippen LogP contribution in [-0.4, -0.2) is 38.0 Å². The number of carbonyl (C=O) groups is 1. The first-order chi connectivity index (χ1) is 3.31. The Morgan fingerprint density at radius 3 is 2.50 bits per heavy atom. The average molecular weight is 137 g/mol. The molecule has 0 fully saturated rings. The minimum Gasteiger partial charge on any atom is -0.597 e. The molecule has 0 aliphatic heterocycles. The summed E-state index contributed by atoms with van der Waals surface area (Å²) < 4.78 is 12.1. The number of carbonyl (C=O) groups excluding carboxylic acids is 1. The summed E-state index contributed by atoms with van der Waals surface area (Å²) in [6.45, 7) is -0.145. The molecule has 0 aliphatic rings. The zero-order valence-corrected chi connectivity index (χ0v) is 5.67. The molecule has 0 aromatic rings. The highest BCUT2D eigenvalue weighted by Crippen LogP contribution is 1.64. The lowest BCUT2D eigenvalue weighted by Crippen LogP contribution is -2.18. The van der Waals surface area contributed by atoms with Crippen LogP contribution in [0.1, 0.15) is 0 Å². The monoisotopic (exact) mass is 137 g/mol. The van der Waals surface area contributed by atoms with Gasteiger partial charge in [0.2, 0.25) is 0 Å². The second-order valence-corrected chi connectivity index (χ2v) is 1.40. The number of hydrogen-bond donors (Lipinski definition) is 2. The highest BCUT2D eigenvalue weighted by molar-refractivity contribution is 6.20. The van der Waals surface area contributed by atoms with Gasteiger partial charge in [-0.25, -0.2) is 0 Å². The van der Waals surface area contributed by atoms with Gasteiger partial charge in [-0.2, -0.15) is 0 Å². The van der Waals surface area contributed by atoms with Crippen molar-refractivity contribution in [2.24, 2.45) is 5.73 Å². The molecule has 0 amide bonds. The fourth-order valence-electron chi connectivity index (χ4n) is 0.131. The SMILES string of the molecule is NCC(=O)[O][AlH][OH].O. The summed E-state index contributed by atoms with van der Waals surface area (Å²) in [4.78, 5) is 9.94. The van der Waals surface area contributed by atoms with Gasteiger partial charge >= 0.3 is 15.9 Å². The van der Waals surface area contributed by atoms with Crippen molar-refractivity contribution in [3.05, 3.63) is 0 Å². The van der Waals surface area contributed by atoms with Crippen molar-refractivity contribution in [2.75, 3.05) is 6.54 Å². The van der Waals surface area contributed by atoms with Crippen LogP contribution in [0.3, 0.4) is 0 Å². The summed E-state index contributed by atoms with van der Waals surface area (Å²) in [5.41, 5.74) is 4.79. The van der Waals surface area contributed by atoms with E-state index in [2.05, 4.69) is 3.79 Å². The van der Waals surface area contributed by atoms with E-state index in [1.165, 1.54) is 0 Å². The van der Waals surface area contributed by atoms with Crippen LogP contribution in [-0.2, 0) is 8.58 Å². The molecule has 6 heteroatoms. The third-order valence-electron chi connectivity index (χ3n) is 0.392. The van der Waals surface area contributed by atoms with Crippen molar-refractivity contribution < 1.29 is 18.2 Å². The quantitative estimate of drug-likeness (QED) is 0.394. The maximum atomic E-state index is 9.94. The molecule has 0 aromatic carbocycles. The Hall–Kier alpha value is -0.118. The minimum absolute atomic E-state index is 0. The molecule has 0 unspecified atom stereocenters.